The van der Waals surface area contributed by atoms with Gasteiger partial charge in [0.1, 0.15) is 17.6 Å². The summed E-state index contributed by atoms with van der Waals surface area (Å²) in [7, 11) is 0. The van der Waals surface area contributed by atoms with Crippen molar-refractivity contribution in [3.05, 3.63) is 40.9 Å². The summed E-state index contributed by atoms with van der Waals surface area (Å²) in [6, 6.07) is 7.27. The molecule has 0 radical (unpaired) electrons. The summed E-state index contributed by atoms with van der Waals surface area (Å²) >= 11 is 0. The number of fused-ring (bicyclic) bond motifs is 3. The van der Waals surface area contributed by atoms with Crippen LogP contribution >= 0.6 is 0 Å². The van der Waals surface area contributed by atoms with Gasteiger partial charge in [-0.3, -0.25) is 14.2 Å². The Bertz CT molecular complexity index is 1080. The Labute approximate surface area is 160 Å². The molecule has 3 aromatic rings. The molecule has 2 fully saturated rings. The lowest BCUT2D eigenvalue weighted by Crippen LogP contribution is -2.51. The molecule has 1 amide bonds. The van der Waals surface area contributed by atoms with E-state index in [-0.39, 0.29) is 35.9 Å². The number of likely N-dealkylation sites (tertiary alicyclic amines) is 1. The predicted molar refractivity (Wildman–Crippen MR) is 101 cm³/mol. The zero-order valence-corrected chi connectivity index (χ0v) is 15.4. The van der Waals surface area contributed by atoms with Gasteiger partial charge in [0.25, 0.3) is 5.56 Å². The molecule has 0 N–H and O–H groups in total. The number of nitrogens with zero attached hydrogens (tertiary/aromatic N) is 3. The Kier molecular flexibility index (Phi) is 4.37. The number of benzene rings is 1. The quantitative estimate of drug-likeness (QED) is 0.687. The first-order chi connectivity index (χ1) is 13.7. The molecule has 5 rings (SSSR count). The number of piperidine rings is 1. The molecular weight excluding hydrogens is 362 g/mol. The highest BCUT2D eigenvalue weighted by molar-refractivity contribution is 6.01. The van der Waals surface area contributed by atoms with E-state index in [9.17, 15) is 9.59 Å². The summed E-state index contributed by atoms with van der Waals surface area (Å²) in [6.45, 7) is 1.66. The van der Waals surface area contributed by atoms with Crippen molar-refractivity contribution in [1.82, 2.24) is 14.5 Å². The first-order valence-corrected chi connectivity index (χ1v) is 9.62. The summed E-state index contributed by atoms with van der Waals surface area (Å²) < 4.78 is 18.3. The minimum absolute atomic E-state index is 0.0813. The largest absolute Gasteiger partial charge is 0.448 e. The molecule has 2 saturated heterocycles. The maximum atomic E-state index is 13.0. The molecule has 146 valence electrons. The van der Waals surface area contributed by atoms with Crippen molar-refractivity contribution in [1.29, 1.82) is 0 Å². The van der Waals surface area contributed by atoms with Gasteiger partial charge in [0.2, 0.25) is 11.5 Å². The number of para-hydroxylation sites is 1. The van der Waals surface area contributed by atoms with Crippen molar-refractivity contribution in [2.75, 3.05) is 19.8 Å². The maximum Gasteiger partial charge on any atom is 0.297 e. The van der Waals surface area contributed by atoms with Crippen LogP contribution in [0.3, 0.4) is 0 Å². The van der Waals surface area contributed by atoms with E-state index in [2.05, 4.69) is 4.98 Å². The van der Waals surface area contributed by atoms with Gasteiger partial charge in [-0.15, -0.1) is 0 Å². The predicted octanol–water partition coefficient (Wildman–Crippen LogP) is 1.90. The number of amides is 1. The third-order valence-corrected chi connectivity index (χ3v) is 5.49. The highest BCUT2D eigenvalue weighted by atomic mass is 16.7. The summed E-state index contributed by atoms with van der Waals surface area (Å²) in [4.78, 5) is 32.0. The number of rotatable bonds is 3. The summed E-state index contributed by atoms with van der Waals surface area (Å²) in [5.41, 5.74) is 0.955. The van der Waals surface area contributed by atoms with Gasteiger partial charge in [0, 0.05) is 11.9 Å². The number of furan rings is 1. The zero-order chi connectivity index (χ0) is 19.1. The Hall–Kier alpha value is -2.71. The third kappa shape index (κ3) is 2.89. The molecule has 0 aliphatic carbocycles. The van der Waals surface area contributed by atoms with Gasteiger partial charge in [-0.2, -0.15) is 0 Å². The number of hydrogen-bond acceptors (Lipinski definition) is 6. The minimum Gasteiger partial charge on any atom is -0.448 e. The monoisotopic (exact) mass is 383 g/mol. The van der Waals surface area contributed by atoms with Crippen LogP contribution in [0.1, 0.15) is 19.3 Å². The number of aromatic nitrogens is 2. The van der Waals surface area contributed by atoms with Gasteiger partial charge in [-0.1, -0.05) is 12.1 Å². The van der Waals surface area contributed by atoms with Gasteiger partial charge in [0.15, 0.2) is 6.29 Å². The molecule has 4 heterocycles. The lowest BCUT2D eigenvalue weighted by molar-refractivity contribution is -0.151. The number of ether oxygens (including phenoxy) is 2. The van der Waals surface area contributed by atoms with Crippen LogP contribution in [0.25, 0.3) is 22.1 Å². The third-order valence-electron chi connectivity index (χ3n) is 5.49. The maximum absolute atomic E-state index is 13.0. The first kappa shape index (κ1) is 17.4. The highest BCUT2D eigenvalue weighted by Gasteiger charge is 2.36. The normalized spacial score (nSPS) is 21.0. The molecule has 2 aromatic heterocycles. The van der Waals surface area contributed by atoms with Gasteiger partial charge >= 0.3 is 0 Å². The van der Waals surface area contributed by atoms with E-state index in [0.717, 1.165) is 24.6 Å². The van der Waals surface area contributed by atoms with Crippen molar-refractivity contribution >= 4 is 28.0 Å². The zero-order valence-electron chi connectivity index (χ0n) is 15.4. The fourth-order valence-electron chi connectivity index (χ4n) is 4.11. The number of carbonyl (C=O) groups is 1. The fourth-order valence-corrected chi connectivity index (χ4v) is 4.11. The molecule has 8 nitrogen and oxygen atoms in total. The SMILES string of the molecule is O=C(Cn1cnc2c(oc3ccccc32)c1=O)N1CCCCC1C1OCCO1. The molecule has 1 unspecified atom stereocenters. The van der Waals surface area contributed by atoms with Crippen LogP contribution in [0.4, 0.5) is 0 Å². The molecule has 2 aliphatic heterocycles. The Morgan fingerprint density at radius 1 is 1.18 bits per heavy atom. The van der Waals surface area contributed by atoms with Crippen LogP contribution < -0.4 is 5.56 Å². The van der Waals surface area contributed by atoms with E-state index < -0.39 is 0 Å². The van der Waals surface area contributed by atoms with Crippen LogP contribution in [0.2, 0.25) is 0 Å². The molecule has 0 saturated carbocycles. The first-order valence-electron chi connectivity index (χ1n) is 9.62. The van der Waals surface area contributed by atoms with Gasteiger partial charge < -0.3 is 18.8 Å². The minimum atomic E-state index is -0.378. The molecule has 1 aromatic carbocycles. The molecule has 1 atom stereocenters. The van der Waals surface area contributed by atoms with Crippen LogP contribution in [0.5, 0.6) is 0 Å². The second-order valence-corrected chi connectivity index (χ2v) is 7.21. The van der Waals surface area contributed by atoms with Crippen molar-refractivity contribution in [2.45, 2.75) is 38.1 Å². The second kappa shape index (κ2) is 7.03. The highest BCUT2D eigenvalue weighted by Crippen LogP contribution is 2.26. The van der Waals surface area contributed by atoms with E-state index in [4.69, 9.17) is 13.9 Å². The number of carbonyl (C=O) groups excluding carboxylic acids is 1. The average molecular weight is 383 g/mol. The molecule has 28 heavy (non-hydrogen) atoms. The smallest absolute Gasteiger partial charge is 0.297 e. The molecule has 8 heteroatoms. The Morgan fingerprint density at radius 2 is 2.00 bits per heavy atom. The number of hydrogen-bond donors (Lipinski definition) is 0. The standard InChI is InChI=1S/C20H21N3O5/c24-16(23-8-4-3-6-14(23)20-26-9-10-27-20)11-22-12-21-17-13-5-1-2-7-15(13)28-18(17)19(22)25/h1-2,5,7,12,14,20H,3-4,6,8-11H2. The topological polar surface area (TPSA) is 86.8 Å². The molecule has 0 bridgehead atoms. The average Bonchev–Trinajstić information content (AvgIpc) is 3.38. The van der Waals surface area contributed by atoms with Gasteiger partial charge in [-0.05, 0) is 31.4 Å². The van der Waals surface area contributed by atoms with Crippen LogP contribution in [-0.2, 0) is 20.8 Å². The molecule has 2 aliphatic rings. The lowest BCUT2D eigenvalue weighted by Gasteiger charge is -2.38. The van der Waals surface area contributed by atoms with Gasteiger partial charge in [0.05, 0.1) is 25.6 Å². The van der Waals surface area contributed by atoms with Crippen molar-refractivity contribution in [2.24, 2.45) is 0 Å². The van der Waals surface area contributed by atoms with Crippen LogP contribution in [0.15, 0.2) is 39.8 Å². The lowest BCUT2D eigenvalue weighted by atomic mass is 10.0. The molecular formula is C20H21N3O5. The van der Waals surface area contributed by atoms with Crippen LogP contribution in [0, 0.1) is 0 Å². The summed E-state index contributed by atoms with van der Waals surface area (Å²) in [6.07, 6.45) is 3.85. The van der Waals surface area contributed by atoms with E-state index >= 15 is 0 Å². The Morgan fingerprint density at radius 3 is 2.86 bits per heavy atom. The van der Waals surface area contributed by atoms with Crippen molar-refractivity contribution in [3.63, 3.8) is 0 Å². The fraction of sp³-hybridized carbons (Fsp3) is 0.450. The summed E-state index contributed by atoms with van der Waals surface area (Å²) in [5, 5.41) is 0.791. The van der Waals surface area contributed by atoms with E-state index in [0.29, 0.717) is 30.9 Å². The van der Waals surface area contributed by atoms with Gasteiger partial charge in [-0.25, -0.2) is 4.98 Å². The Balaban J connectivity index is 1.44. The molecule has 0 spiro atoms. The van der Waals surface area contributed by atoms with E-state index in [1.54, 1.807) is 11.0 Å². The van der Waals surface area contributed by atoms with Crippen molar-refractivity contribution < 1.29 is 18.7 Å². The van der Waals surface area contributed by atoms with Crippen molar-refractivity contribution in [3.8, 4) is 0 Å². The van der Waals surface area contributed by atoms with E-state index in [1.165, 1.54) is 10.9 Å². The summed E-state index contributed by atoms with van der Waals surface area (Å²) in [5.74, 6) is -0.136. The van der Waals surface area contributed by atoms with Crippen LogP contribution in [-0.4, -0.2) is 52.4 Å². The second-order valence-electron chi connectivity index (χ2n) is 7.21. The van der Waals surface area contributed by atoms with E-state index in [1.807, 2.05) is 18.2 Å².